The Morgan fingerprint density at radius 3 is 0.897 bits per heavy atom. The van der Waals surface area contributed by atoms with Crippen LogP contribution in [-0.4, -0.2) is 45.4 Å². The fourth-order valence-corrected chi connectivity index (χ4v) is 1.34. The summed E-state index contributed by atoms with van der Waals surface area (Å²) in [5.74, 6) is 0. The van der Waals surface area contributed by atoms with E-state index >= 15 is 0 Å². The van der Waals surface area contributed by atoms with Crippen LogP contribution >= 0.6 is 22.8 Å². The summed E-state index contributed by atoms with van der Waals surface area (Å²) in [6.07, 6.45) is 0. The molecule has 0 fully saturated rings. The number of carbonyl (C=O) groups is 3. The summed E-state index contributed by atoms with van der Waals surface area (Å²) >= 11 is 0. The molecule has 0 radical (unpaired) electrons. The van der Waals surface area contributed by atoms with Gasteiger partial charge in [-0.25, -0.2) is 14.2 Å². The number of rotatable bonds is 5. The molecule has 0 saturated carbocycles. The van der Waals surface area contributed by atoms with E-state index in [0.29, 0.717) is 0 Å². The maximum atomic E-state index is 11.0. The maximum Gasteiger partial charge on any atom is 1.00 e. The smallest absolute Gasteiger partial charge is 0.805 e. The predicted molar refractivity (Wildman–Crippen MR) is 72.3 cm³/mol. The third-order valence-electron chi connectivity index (χ3n) is 1.66. The van der Waals surface area contributed by atoms with Crippen LogP contribution in [0.3, 0.4) is 0 Å². The second kappa shape index (κ2) is 24.2. The van der Waals surface area contributed by atoms with Gasteiger partial charge in [-0.1, -0.05) is 0 Å². The minimum atomic E-state index is -5.12. The van der Waals surface area contributed by atoms with Crippen molar-refractivity contribution < 1.29 is 184 Å². The van der Waals surface area contributed by atoms with E-state index in [4.69, 9.17) is 0 Å². The summed E-state index contributed by atoms with van der Waals surface area (Å²) in [6.45, 7) is 0.723. The molecule has 29 heavy (non-hydrogen) atoms. The number of ether oxygens (including phenoxy) is 2. The van der Waals surface area contributed by atoms with Crippen LogP contribution in [0.1, 0.15) is 6.92 Å². The first-order valence-electron chi connectivity index (χ1n) is 5.47. The van der Waals surface area contributed by atoms with Crippen molar-refractivity contribution in [1.82, 2.24) is 0 Å². The fourth-order valence-electron chi connectivity index (χ4n) is 0.447. The molecule has 0 N–H and O–H groups in total. The van der Waals surface area contributed by atoms with Gasteiger partial charge in [0.25, 0.3) is 0 Å². The average molecular weight is 520 g/mol. The molecule has 14 nitrogen and oxygen atoms in total. The average Bonchev–Trinajstić information content (AvgIpc) is 2.51. The molecular formula is C8H15Na4O14P3. The number of hydrogen-bond donors (Lipinski definition) is 0. The SMILES string of the molecule is CC(=O)P(=O)([O-])[O-].COC(=O)P(=O)(OC)OC.COC(=O)P(=O)([O-])[O-].[Na+].[Na+].[Na+].[Na+]. The molecule has 0 spiro atoms. The van der Waals surface area contributed by atoms with Crippen LogP contribution in [0.5, 0.6) is 0 Å². The van der Waals surface area contributed by atoms with Crippen LogP contribution in [-0.2, 0) is 37.0 Å². The van der Waals surface area contributed by atoms with Gasteiger partial charge in [-0.05, 0) is 6.92 Å². The summed E-state index contributed by atoms with van der Waals surface area (Å²) in [4.78, 5) is 67.9. The van der Waals surface area contributed by atoms with Gasteiger partial charge in [0.15, 0.2) is 5.52 Å². The monoisotopic (exact) mass is 520 g/mol. The zero-order valence-corrected chi connectivity index (χ0v) is 28.2. The van der Waals surface area contributed by atoms with Crippen LogP contribution in [0.25, 0.3) is 0 Å². The van der Waals surface area contributed by atoms with Crippen LogP contribution in [0.2, 0.25) is 0 Å². The van der Waals surface area contributed by atoms with Crippen LogP contribution < -0.4 is 138 Å². The van der Waals surface area contributed by atoms with Gasteiger partial charge in [-0.2, -0.15) is 0 Å². The van der Waals surface area contributed by atoms with Crippen molar-refractivity contribution >= 4 is 39.7 Å². The third kappa shape index (κ3) is 27.2. The standard InChI is InChI=1S/C4H9O5P.C2H5O5P.C2H5O4P.4Na/c1-7-4(5)10(6,8-2)9-3;1-7-2(3)8(4,5)6;1-2(3)7(4,5)6;;;;/h1-3H3;1H3,(H2,4,5,6);1H3,(H2,4,5,6);;;;/q;;;4*+1/p-4. The number of methoxy groups -OCH3 is 2. The van der Waals surface area contributed by atoms with E-state index in [1.54, 1.807) is 0 Å². The van der Waals surface area contributed by atoms with E-state index in [-0.39, 0.29) is 118 Å². The van der Waals surface area contributed by atoms with Gasteiger partial charge < -0.3 is 47.2 Å². The van der Waals surface area contributed by atoms with Gasteiger partial charge in [0.2, 0.25) is 0 Å². The van der Waals surface area contributed by atoms with E-state index < -0.39 is 39.7 Å². The molecule has 0 heterocycles. The molecule has 0 rings (SSSR count). The van der Waals surface area contributed by atoms with E-state index in [9.17, 15) is 47.7 Å². The van der Waals surface area contributed by atoms with Gasteiger partial charge in [-0.15, -0.1) is 0 Å². The molecule has 0 aliphatic rings. The van der Waals surface area contributed by atoms with Gasteiger partial charge in [0.1, 0.15) is 0 Å². The molecule has 0 aromatic carbocycles. The van der Waals surface area contributed by atoms with E-state index in [2.05, 4.69) is 18.5 Å². The molecule has 21 heteroatoms. The molecular weight excluding hydrogens is 505 g/mol. The van der Waals surface area contributed by atoms with Gasteiger partial charge in [0.05, 0.1) is 14.2 Å². The van der Waals surface area contributed by atoms with E-state index in [0.717, 1.165) is 35.4 Å². The first-order chi connectivity index (χ1) is 11.0. The molecule has 0 aliphatic heterocycles. The first-order valence-corrected chi connectivity index (χ1v) is 10.1. The van der Waals surface area contributed by atoms with E-state index in [1.807, 2.05) is 0 Å². The number of hydrogen-bond acceptors (Lipinski definition) is 14. The Morgan fingerprint density at radius 1 is 0.621 bits per heavy atom. The molecule has 0 amide bonds. The Morgan fingerprint density at radius 2 is 0.862 bits per heavy atom. The zero-order valence-electron chi connectivity index (χ0n) is 17.6. The molecule has 0 aromatic rings. The molecule has 150 valence electrons. The summed E-state index contributed by atoms with van der Waals surface area (Å²) in [5.41, 5.74) is -4.03. The number of carbonyl (C=O) groups excluding carboxylic acids is 3. The summed E-state index contributed by atoms with van der Waals surface area (Å²) < 4.78 is 46.3. The predicted octanol–water partition coefficient (Wildman–Crippen LogP) is -13.6. The van der Waals surface area contributed by atoms with Crippen molar-refractivity contribution in [3.05, 3.63) is 0 Å². The minimum Gasteiger partial charge on any atom is -0.805 e. The van der Waals surface area contributed by atoms with E-state index in [1.165, 1.54) is 0 Å². The molecule has 0 aromatic heterocycles. The fraction of sp³-hybridized carbons (Fsp3) is 0.625. The van der Waals surface area contributed by atoms with Gasteiger partial charge in [0, 0.05) is 29.4 Å². The Bertz CT molecular complexity index is 594. The molecule has 0 bridgehead atoms. The second-order valence-electron chi connectivity index (χ2n) is 3.32. The second-order valence-corrected chi connectivity index (χ2v) is 8.39. The van der Waals surface area contributed by atoms with Crippen molar-refractivity contribution in [2.45, 2.75) is 6.92 Å². The van der Waals surface area contributed by atoms with Crippen LogP contribution in [0, 0.1) is 0 Å². The Hall–Kier alpha value is 3.06. The van der Waals surface area contributed by atoms with Crippen molar-refractivity contribution in [2.24, 2.45) is 0 Å². The van der Waals surface area contributed by atoms with Crippen molar-refractivity contribution in [3.8, 4) is 0 Å². The molecule has 0 aliphatic carbocycles. The van der Waals surface area contributed by atoms with Crippen LogP contribution in [0.15, 0.2) is 0 Å². The third-order valence-corrected chi connectivity index (χ3v) is 4.66. The van der Waals surface area contributed by atoms with Crippen molar-refractivity contribution in [2.75, 3.05) is 28.4 Å². The normalized spacial score (nSPS) is 9.55. The molecule has 0 saturated heterocycles. The molecule has 0 unspecified atom stereocenters. The summed E-state index contributed by atoms with van der Waals surface area (Å²) in [6, 6.07) is 0. The topological polar surface area (TPSA) is 232 Å². The molecule has 0 atom stereocenters. The summed E-state index contributed by atoms with van der Waals surface area (Å²) in [7, 11) is -9.47. The zero-order chi connectivity index (χ0) is 21.1. The van der Waals surface area contributed by atoms with Gasteiger partial charge >= 0.3 is 137 Å². The van der Waals surface area contributed by atoms with Crippen molar-refractivity contribution in [1.29, 1.82) is 0 Å². The Kier molecular flexibility index (Phi) is 41.1. The van der Waals surface area contributed by atoms with Gasteiger partial charge in [-0.3, -0.25) is 4.79 Å². The largest absolute Gasteiger partial charge is 1.00 e. The van der Waals surface area contributed by atoms with Crippen molar-refractivity contribution in [3.63, 3.8) is 0 Å². The minimum absolute atomic E-state index is 0. The first kappa shape index (κ1) is 49.2. The quantitative estimate of drug-likeness (QED) is 0.242. The maximum absolute atomic E-state index is 11.0. The Labute approximate surface area is 255 Å². The summed E-state index contributed by atoms with van der Waals surface area (Å²) in [5, 5.41) is 0. The Balaban J connectivity index is -0.0000000475. The van der Waals surface area contributed by atoms with Crippen LogP contribution in [0.4, 0.5) is 9.59 Å².